The fourth-order valence-electron chi connectivity index (χ4n) is 2.60. The van der Waals surface area contributed by atoms with Crippen LogP contribution < -0.4 is 5.32 Å². The van der Waals surface area contributed by atoms with Crippen molar-refractivity contribution >= 4 is 11.6 Å². The van der Waals surface area contributed by atoms with Gasteiger partial charge in [0.05, 0.1) is 0 Å². The van der Waals surface area contributed by atoms with E-state index in [1.54, 1.807) is 0 Å². The highest BCUT2D eigenvalue weighted by Gasteiger charge is 2.32. The first-order valence-corrected chi connectivity index (χ1v) is 7.06. The minimum Gasteiger partial charge on any atom is -0.316 e. The topological polar surface area (TPSA) is 12.0 Å². The minimum absolute atomic E-state index is 0.424. The molecule has 0 aromatic rings. The summed E-state index contributed by atoms with van der Waals surface area (Å²) in [4.78, 5) is 0. The third-order valence-electron chi connectivity index (χ3n) is 4.04. The Morgan fingerprint density at radius 1 is 1.20 bits per heavy atom. The van der Waals surface area contributed by atoms with Gasteiger partial charge in [0.2, 0.25) is 0 Å². The summed E-state index contributed by atoms with van der Waals surface area (Å²) in [6.45, 7) is 6.87. The summed E-state index contributed by atoms with van der Waals surface area (Å²) >= 11 is 6.11. The van der Waals surface area contributed by atoms with Gasteiger partial charge in [-0.1, -0.05) is 39.5 Å². The number of halogens is 1. The van der Waals surface area contributed by atoms with Crippen molar-refractivity contribution in [1.82, 2.24) is 5.32 Å². The summed E-state index contributed by atoms with van der Waals surface area (Å²) in [7, 11) is 0. The third kappa shape index (κ3) is 3.96. The molecule has 0 amide bonds. The predicted octanol–water partition coefficient (Wildman–Crippen LogP) is 3.81. The van der Waals surface area contributed by atoms with Gasteiger partial charge in [0.25, 0.3) is 0 Å². The maximum Gasteiger partial charge on any atom is 0.0292 e. The molecule has 1 rings (SSSR count). The Morgan fingerprint density at radius 3 is 2.27 bits per heavy atom. The summed E-state index contributed by atoms with van der Waals surface area (Å²) in [5, 5.41) is 3.64. The molecule has 1 N–H and O–H groups in total. The molecule has 0 spiro atoms. The fourth-order valence-corrected chi connectivity index (χ4v) is 2.96. The normalized spacial score (nSPS) is 20.0. The van der Waals surface area contributed by atoms with Crippen LogP contribution in [0, 0.1) is 11.3 Å². The van der Waals surface area contributed by atoms with Gasteiger partial charge in [-0.25, -0.2) is 0 Å². The maximum absolute atomic E-state index is 6.11. The van der Waals surface area contributed by atoms with Crippen molar-refractivity contribution in [2.75, 3.05) is 19.0 Å². The molecule has 0 bridgehead atoms. The lowest BCUT2D eigenvalue weighted by Crippen LogP contribution is -2.36. The quantitative estimate of drug-likeness (QED) is 0.657. The Kier molecular flexibility index (Phi) is 5.99. The molecule has 0 saturated heterocycles. The van der Waals surface area contributed by atoms with Crippen molar-refractivity contribution in [1.29, 1.82) is 0 Å². The van der Waals surface area contributed by atoms with E-state index in [2.05, 4.69) is 19.2 Å². The average molecular weight is 232 g/mol. The van der Waals surface area contributed by atoms with E-state index in [-0.39, 0.29) is 0 Å². The van der Waals surface area contributed by atoms with Crippen LogP contribution in [0.4, 0.5) is 0 Å². The highest BCUT2D eigenvalue weighted by Crippen LogP contribution is 2.38. The zero-order chi connectivity index (χ0) is 11.1. The second-order valence-electron chi connectivity index (χ2n) is 5.15. The van der Waals surface area contributed by atoms with E-state index in [4.69, 9.17) is 11.6 Å². The lowest BCUT2D eigenvalue weighted by Gasteiger charge is -2.27. The van der Waals surface area contributed by atoms with Crippen molar-refractivity contribution in [2.24, 2.45) is 11.3 Å². The zero-order valence-electron chi connectivity index (χ0n) is 10.3. The molecule has 0 aromatic carbocycles. The van der Waals surface area contributed by atoms with Gasteiger partial charge in [-0.05, 0) is 30.7 Å². The van der Waals surface area contributed by atoms with Crippen LogP contribution in [0.15, 0.2) is 0 Å². The predicted molar refractivity (Wildman–Crippen MR) is 68.6 cm³/mol. The average Bonchev–Trinajstić information content (AvgIpc) is 2.74. The summed E-state index contributed by atoms with van der Waals surface area (Å²) in [5.41, 5.74) is 0.424. The molecular weight excluding hydrogens is 206 g/mol. The van der Waals surface area contributed by atoms with Crippen molar-refractivity contribution < 1.29 is 0 Å². The summed E-state index contributed by atoms with van der Waals surface area (Å²) < 4.78 is 0. The van der Waals surface area contributed by atoms with Crippen LogP contribution in [0.3, 0.4) is 0 Å². The second-order valence-corrected chi connectivity index (χ2v) is 5.42. The van der Waals surface area contributed by atoms with Crippen molar-refractivity contribution in [3.05, 3.63) is 0 Å². The molecule has 90 valence electrons. The molecule has 2 heteroatoms. The van der Waals surface area contributed by atoms with Crippen LogP contribution in [0.25, 0.3) is 0 Å². The second kappa shape index (κ2) is 6.75. The molecule has 1 aliphatic rings. The van der Waals surface area contributed by atoms with E-state index >= 15 is 0 Å². The highest BCUT2D eigenvalue weighted by atomic mass is 35.5. The number of hydrogen-bond acceptors (Lipinski definition) is 1. The molecular formula is C13H26ClN. The molecule has 0 heterocycles. The maximum atomic E-state index is 6.11. The lowest BCUT2D eigenvalue weighted by molar-refractivity contribution is 0.306. The molecule has 0 unspecified atom stereocenters. The van der Waals surface area contributed by atoms with Crippen LogP contribution >= 0.6 is 11.6 Å². The molecule has 1 nitrogen and oxygen atoms in total. The van der Waals surface area contributed by atoms with E-state index in [1.165, 1.54) is 45.1 Å². The van der Waals surface area contributed by atoms with Crippen LogP contribution in [-0.2, 0) is 0 Å². The van der Waals surface area contributed by atoms with Crippen LogP contribution in [-0.4, -0.2) is 19.0 Å². The summed E-state index contributed by atoms with van der Waals surface area (Å²) in [6.07, 6.45) is 7.98. The molecule has 0 atom stereocenters. The third-order valence-corrected chi connectivity index (χ3v) is 4.60. The van der Waals surface area contributed by atoms with Crippen molar-refractivity contribution in [2.45, 2.75) is 52.4 Å². The van der Waals surface area contributed by atoms with Crippen molar-refractivity contribution in [3.63, 3.8) is 0 Å². The molecule has 1 fully saturated rings. The van der Waals surface area contributed by atoms with Crippen LogP contribution in [0.2, 0.25) is 0 Å². The smallest absolute Gasteiger partial charge is 0.0292 e. The molecule has 15 heavy (non-hydrogen) atoms. The SMILES string of the molecule is CCC(CC)CNCC1(CCl)CCCC1. The van der Waals surface area contributed by atoms with Gasteiger partial charge in [0.1, 0.15) is 0 Å². The first kappa shape index (κ1) is 13.3. The lowest BCUT2D eigenvalue weighted by atomic mass is 9.88. The van der Waals surface area contributed by atoms with Gasteiger partial charge in [-0.3, -0.25) is 0 Å². The monoisotopic (exact) mass is 231 g/mol. The van der Waals surface area contributed by atoms with Gasteiger partial charge < -0.3 is 5.32 Å². The number of nitrogens with one attached hydrogen (secondary N) is 1. The number of alkyl halides is 1. The first-order valence-electron chi connectivity index (χ1n) is 6.53. The largest absolute Gasteiger partial charge is 0.316 e. The van der Waals surface area contributed by atoms with Gasteiger partial charge in [0.15, 0.2) is 0 Å². The van der Waals surface area contributed by atoms with E-state index in [0.29, 0.717) is 5.41 Å². The number of hydrogen-bond donors (Lipinski definition) is 1. The Bertz CT molecular complexity index is 160. The summed E-state index contributed by atoms with van der Waals surface area (Å²) in [6, 6.07) is 0. The Hall–Kier alpha value is 0.250. The van der Waals surface area contributed by atoms with Gasteiger partial charge >= 0.3 is 0 Å². The summed E-state index contributed by atoms with van der Waals surface area (Å²) in [5.74, 6) is 1.68. The zero-order valence-corrected chi connectivity index (χ0v) is 11.1. The minimum atomic E-state index is 0.424. The molecule has 0 aliphatic heterocycles. The molecule has 0 aromatic heterocycles. The highest BCUT2D eigenvalue weighted by molar-refractivity contribution is 6.18. The van der Waals surface area contributed by atoms with Crippen LogP contribution in [0.1, 0.15) is 52.4 Å². The standard InChI is InChI=1S/C13H26ClN/c1-3-12(4-2)9-15-11-13(10-14)7-5-6-8-13/h12,15H,3-11H2,1-2H3. The molecule has 1 saturated carbocycles. The van der Waals surface area contributed by atoms with E-state index in [1.807, 2.05) is 0 Å². The number of rotatable bonds is 7. The van der Waals surface area contributed by atoms with Gasteiger partial charge in [-0.2, -0.15) is 0 Å². The Labute approximate surface area is 100.0 Å². The Balaban J connectivity index is 2.22. The van der Waals surface area contributed by atoms with Crippen LogP contribution in [0.5, 0.6) is 0 Å². The van der Waals surface area contributed by atoms with E-state index in [9.17, 15) is 0 Å². The fraction of sp³-hybridized carbons (Fsp3) is 1.00. The Morgan fingerprint density at radius 2 is 1.80 bits per heavy atom. The molecule has 1 aliphatic carbocycles. The first-order chi connectivity index (χ1) is 7.26. The van der Waals surface area contributed by atoms with E-state index < -0.39 is 0 Å². The van der Waals surface area contributed by atoms with Crippen molar-refractivity contribution in [3.8, 4) is 0 Å². The van der Waals surface area contributed by atoms with E-state index in [0.717, 1.165) is 18.3 Å². The van der Waals surface area contributed by atoms with Gasteiger partial charge in [-0.15, -0.1) is 11.6 Å². The van der Waals surface area contributed by atoms with Gasteiger partial charge in [0, 0.05) is 12.4 Å². The molecule has 0 radical (unpaired) electrons.